The predicted octanol–water partition coefficient (Wildman–Crippen LogP) is 0.280. The van der Waals surface area contributed by atoms with E-state index in [0.29, 0.717) is 19.3 Å². The van der Waals surface area contributed by atoms with Crippen LogP contribution in [0.2, 0.25) is 0 Å². The van der Waals surface area contributed by atoms with E-state index in [-0.39, 0.29) is 0 Å². The first-order valence-electron chi connectivity index (χ1n) is 4.85. The molecule has 2 N–H and O–H groups in total. The Hall–Kier alpha value is -0.120. The average molecular weight is 171 g/mol. The Morgan fingerprint density at radius 3 is 2.67 bits per heavy atom. The van der Waals surface area contributed by atoms with Crippen LogP contribution in [0.15, 0.2) is 0 Å². The summed E-state index contributed by atoms with van der Waals surface area (Å²) in [6.07, 6.45) is 3.92. The van der Waals surface area contributed by atoms with Crippen LogP contribution in [0.1, 0.15) is 25.7 Å². The van der Waals surface area contributed by atoms with Crippen LogP contribution >= 0.6 is 0 Å². The zero-order chi connectivity index (χ0) is 8.44. The van der Waals surface area contributed by atoms with E-state index in [0.717, 1.165) is 25.8 Å². The summed E-state index contributed by atoms with van der Waals surface area (Å²) in [6, 6.07) is 0.321. The van der Waals surface area contributed by atoms with Crippen molar-refractivity contribution in [2.45, 2.75) is 37.3 Å². The highest BCUT2D eigenvalue weighted by atomic mass is 16.5. The van der Waals surface area contributed by atoms with Crippen LogP contribution in [0.25, 0.3) is 0 Å². The molecule has 0 aromatic carbocycles. The molecule has 2 rings (SSSR count). The van der Waals surface area contributed by atoms with Gasteiger partial charge in [0.15, 0.2) is 0 Å². The lowest BCUT2D eigenvalue weighted by Crippen LogP contribution is -2.51. The first kappa shape index (κ1) is 8.48. The molecule has 3 nitrogen and oxygen atoms in total. The molecule has 70 valence electrons. The van der Waals surface area contributed by atoms with Crippen molar-refractivity contribution < 1.29 is 9.84 Å². The summed E-state index contributed by atoms with van der Waals surface area (Å²) >= 11 is 0. The van der Waals surface area contributed by atoms with E-state index < -0.39 is 5.60 Å². The number of hydrogen-bond donors (Lipinski definition) is 2. The highest BCUT2D eigenvalue weighted by Gasteiger charge is 2.39. The molecule has 0 aliphatic carbocycles. The van der Waals surface area contributed by atoms with Crippen LogP contribution in [0.3, 0.4) is 0 Å². The molecule has 0 aromatic rings. The van der Waals surface area contributed by atoms with Crippen LogP contribution < -0.4 is 5.32 Å². The van der Waals surface area contributed by atoms with Crippen LogP contribution in [0, 0.1) is 0 Å². The molecule has 0 spiro atoms. The zero-order valence-electron chi connectivity index (χ0n) is 7.38. The Bertz CT molecular complexity index is 149. The minimum Gasteiger partial charge on any atom is -0.388 e. The molecule has 2 heterocycles. The van der Waals surface area contributed by atoms with Gasteiger partial charge in [-0.25, -0.2) is 0 Å². The third-order valence-corrected chi connectivity index (χ3v) is 3.07. The van der Waals surface area contributed by atoms with E-state index in [1.54, 1.807) is 0 Å². The summed E-state index contributed by atoms with van der Waals surface area (Å²) < 4.78 is 5.24. The molecule has 2 aliphatic heterocycles. The predicted molar refractivity (Wildman–Crippen MR) is 46.0 cm³/mol. The van der Waals surface area contributed by atoms with Gasteiger partial charge in [0.25, 0.3) is 0 Å². The summed E-state index contributed by atoms with van der Waals surface area (Å²) in [5, 5.41) is 13.6. The van der Waals surface area contributed by atoms with Gasteiger partial charge in [0.1, 0.15) is 0 Å². The minimum atomic E-state index is -0.477. The fraction of sp³-hybridized carbons (Fsp3) is 1.00. The molecule has 3 heteroatoms. The lowest BCUT2D eigenvalue weighted by Gasteiger charge is -2.37. The molecular weight excluding hydrogens is 154 g/mol. The molecule has 0 radical (unpaired) electrons. The Morgan fingerprint density at radius 2 is 2.08 bits per heavy atom. The number of rotatable bonds is 1. The van der Waals surface area contributed by atoms with Crippen LogP contribution in [-0.4, -0.2) is 36.5 Å². The van der Waals surface area contributed by atoms with Gasteiger partial charge in [-0.05, 0) is 19.4 Å². The smallest absolute Gasteiger partial charge is 0.0843 e. The second-order valence-corrected chi connectivity index (χ2v) is 3.86. The molecule has 0 amide bonds. The number of hydrogen-bond acceptors (Lipinski definition) is 3. The van der Waals surface area contributed by atoms with Crippen molar-refractivity contribution in [2.75, 3.05) is 19.8 Å². The van der Waals surface area contributed by atoms with Crippen LogP contribution in [-0.2, 0) is 4.74 Å². The van der Waals surface area contributed by atoms with Crippen molar-refractivity contribution in [3.63, 3.8) is 0 Å². The van der Waals surface area contributed by atoms with Gasteiger partial charge in [0, 0.05) is 32.1 Å². The maximum absolute atomic E-state index is 10.2. The molecule has 2 fully saturated rings. The van der Waals surface area contributed by atoms with E-state index in [1.165, 1.54) is 6.42 Å². The molecule has 1 atom stereocenters. The van der Waals surface area contributed by atoms with Crippen molar-refractivity contribution in [1.29, 1.82) is 0 Å². The molecule has 0 saturated carbocycles. The Morgan fingerprint density at radius 1 is 1.33 bits per heavy atom. The van der Waals surface area contributed by atoms with Gasteiger partial charge in [0.05, 0.1) is 5.60 Å². The van der Waals surface area contributed by atoms with E-state index in [1.807, 2.05) is 0 Å². The van der Waals surface area contributed by atoms with E-state index in [4.69, 9.17) is 4.74 Å². The summed E-state index contributed by atoms with van der Waals surface area (Å²) in [7, 11) is 0. The number of ether oxygens (including phenoxy) is 1. The fourth-order valence-corrected chi connectivity index (χ4v) is 2.22. The largest absolute Gasteiger partial charge is 0.388 e. The number of aliphatic hydroxyl groups is 1. The highest BCUT2D eigenvalue weighted by molar-refractivity contribution is 4.95. The summed E-state index contributed by atoms with van der Waals surface area (Å²) in [5.41, 5.74) is -0.477. The van der Waals surface area contributed by atoms with Gasteiger partial charge in [-0.15, -0.1) is 0 Å². The monoisotopic (exact) mass is 171 g/mol. The third kappa shape index (κ3) is 1.49. The maximum atomic E-state index is 10.2. The normalized spacial score (nSPS) is 35.2. The average Bonchev–Trinajstić information content (AvgIpc) is 2.58. The first-order chi connectivity index (χ1) is 5.81. The lowest BCUT2D eigenvalue weighted by atomic mass is 9.85. The second kappa shape index (κ2) is 3.32. The van der Waals surface area contributed by atoms with Gasteiger partial charge in [-0.2, -0.15) is 0 Å². The van der Waals surface area contributed by atoms with Crippen LogP contribution in [0.5, 0.6) is 0 Å². The zero-order valence-corrected chi connectivity index (χ0v) is 7.38. The Balaban J connectivity index is 1.97. The van der Waals surface area contributed by atoms with E-state index in [9.17, 15) is 5.11 Å². The maximum Gasteiger partial charge on any atom is 0.0843 e. The molecule has 2 saturated heterocycles. The van der Waals surface area contributed by atoms with Gasteiger partial charge < -0.3 is 15.2 Å². The lowest BCUT2D eigenvalue weighted by molar-refractivity contribution is -0.0817. The van der Waals surface area contributed by atoms with Crippen molar-refractivity contribution in [2.24, 2.45) is 0 Å². The van der Waals surface area contributed by atoms with E-state index >= 15 is 0 Å². The van der Waals surface area contributed by atoms with E-state index in [2.05, 4.69) is 5.32 Å². The van der Waals surface area contributed by atoms with Crippen molar-refractivity contribution >= 4 is 0 Å². The SMILES string of the molecule is OC1(C2CCCN2)CCOCC1. The molecule has 0 aromatic heterocycles. The number of nitrogens with one attached hydrogen (secondary N) is 1. The molecule has 1 unspecified atom stereocenters. The third-order valence-electron chi connectivity index (χ3n) is 3.07. The van der Waals surface area contributed by atoms with Gasteiger partial charge in [-0.3, -0.25) is 0 Å². The molecular formula is C9H17NO2. The Labute approximate surface area is 73.1 Å². The summed E-state index contributed by atoms with van der Waals surface area (Å²) in [4.78, 5) is 0. The van der Waals surface area contributed by atoms with Gasteiger partial charge in [-0.1, -0.05) is 0 Å². The highest BCUT2D eigenvalue weighted by Crippen LogP contribution is 2.28. The second-order valence-electron chi connectivity index (χ2n) is 3.86. The minimum absolute atomic E-state index is 0.321. The summed E-state index contributed by atoms with van der Waals surface area (Å²) in [5.74, 6) is 0. The molecule has 12 heavy (non-hydrogen) atoms. The van der Waals surface area contributed by atoms with Crippen molar-refractivity contribution in [3.8, 4) is 0 Å². The summed E-state index contributed by atoms with van der Waals surface area (Å²) in [6.45, 7) is 2.50. The van der Waals surface area contributed by atoms with Gasteiger partial charge in [0.2, 0.25) is 0 Å². The topological polar surface area (TPSA) is 41.5 Å². The van der Waals surface area contributed by atoms with Crippen molar-refractivity contribution in [3.05, 3.63) is 0 Å². The quantitative estimate of drug-likeness (QED) is 0.595. The Kier molecular flexibility index (Phi) is 2.35. The fourth-order valence-electron chi connectivity index (χ4n) is 2.22. The standard InChI is InChI=1S/C9H17NO2/c11-9(3-6-12-7-4-9)8-2-1-5-10-8/h8,10-11H,1-7H2. The molecule has 0 bridgehead atoms. The van der Waals surface area contributed by atoms with Crippen LogP contribution in [0.4, 0.5) is 0 Å². The molecule has 2 aliphatic rings. The first-order valence-corrected chi connectivity index (χ1v) is 4.85. The van der Waals surface area contributed by atoms with Crippen molar-refractivity contribution in [1.82, 2.24) is 5.32 Å². The van der Waals surface area contributed by atoms with Gasteiger partial charge >= 0.3 is 0 Å².